The second kappa shape index (κ2) is 9.88. The van der Waals surface area contributed by atoms with Crippen LogP contribution in [-0.4, -0.2) is 40.1 Å². The van der Waals surface area contributed by atoms with Crippen molar-refractivity contribution in [1.82, 2.24) is 39.6 Å². The van der Waals surface area contributed by atoms with E-state index in [2.05, 4.69) is 45.0 Å². The number of imidazole rings is 1. The van der Waals surface area contributed by atoms with Crippen molar-refractivity contribution >= 4 is 5.78 Å². The molecule has 0 unspecified atom stereocenters. The first-order valence-corrected chi connectivity index (χ1v) is 12.4. The molecular weight excluding hydrogens is 468 g/mol. The molecule has 1 aliphatic heterocycles. The molecule has 0 saturated carbocycles. The third-order valence-electron chi connectivity index (χ3n) is 6.87. The van der Waals surface area contributed by atoms with Crippen molar-refractivity contribution in [3.63, 3.8) is 0 Å². The number of unbranched alkanes of at least 4 members (excludes halogenated alkanes) is 1. The van der Waals surface area contributed by atoms with E-state index in [1.54, 1.807) is 10.6 Å². The highest BCUT2D eigenvalue weighted by molar-refractivity contribution is 5.97. The van der Waals surface area contributed by atoms with Crippen molar-refractivity contribution in [3.8, 4) is 17.2 Å². The second-order valence-corrected chi connectivity index (χ2v) is 9.37. The molecule has 1 aliphatic rings. The van der Waals surface area contributed by atoms with Crippen LogP contribution in [0.1, 0.15) is 48.3 Å². The molecule has 190 valence electrons. The predicted molar refractivity (Wildman–Crippen MR) is 140 cm³/mol. The molecule has 1 aromatic carbocycles. The summed E-state index contributed by atoms with van der Waals surface area (Å²) in [4.78, 5) is 26.3. The molecular formula is C27H30N8O2. The van der Waals surface area contributed by atoms with Crippen LogP contribution in [0.4, 0.5) is 0 Å². The van der Waals surface area contributed by atoms with E-state index in [1.165, 1.54) is 6.92 Å². The Balaban J connectivity index is 1.64. The third kappa shape index (κ3) is 4.46. The summed E-state index contributed by atoms with van der Waals surface area (Å²) in [6.45, 7) is 4.05. The van der Waals surface area contributed by atoms with Gasteiger partial charge in [-0.3, -0.25) is 13.9 Å². The summed E-state index contributed by atoms with van der Waals surface area (Å²) in [7, 11) is 1.85. The van der Waals surface area contributed by atoms with Crippen LogP contribution in [0.15, 0.2) is 72.1 Å². The first-order chi connectivity index (χ1) is 17.9. The number of ketones is 1. The monoisotopic (exact) mass is 498 g/mol. The topological polar surface area (TPSA) is 115 Å². The van der Waals surface area contributed by atoms with Gasteiger partial charge in [0.25, 0.3) is 0 Å². The van der Waals surface area contributed by atoms with Crippen LogP contribution in [-0.2, 0) is 25.4 Å². The summed E-state index contributed by atoms with van der Waals surface area (Å²) in [5, 5.41) is 17.5. The first kappa shape index (κ1) is 24.2. The second-order valence-electron chi connectivity index (χ2n) is 9.37. The average molecular weight is 499 g/mol. The van der Waals surface area contributed by atoms with E-state index in [0.29, 0.717) is 23.8 Å². The lowest BCUT2D eigenvalue weighted by molar-refractivity contribution is 0.101. The van der Waals surface area contributed by atoms with Gasteiger partial charge < -0.3 is 9.88 Å². The fraction of sp³-hybridized carbons (Fsp3) is 0.296. The Bertz CT molecular complexity index is 1520. The van der Waals surface area contributed by atoms with Crippen molar-refractivity contribution in [2.75, 3.05) is 0 Å². The van der Waals surface area contributed by atoms with Crippen LogP contribution in [0.3, 0.4) is 0 Å². The maximum atomic E-state index is 14.0. The number of Topliss-reactive ketones (excluding diaryl/α,β-unsaturated/α-hetero) is 1. The minimum atomic E-state index is -0.598. The van der Waals surface area contributed by atoms with Crippen LogP contribution < -0.4 is 11.0 Å². The van der Waals surface area contributed by atoms with Gasteiger partial charge in [-0.15, -0.1) is 10.2 Å². The van der Waals surface area contributed by atoms with Crippen molar-refractivity contribution in [2.45, 2.75) is 45.1 Å². The van der Waals surface area contributed by atoms with E-state index in [1.807, 2.05) is 65.2 Å². The van der Waals surface area contributed by atoms with Crippen LogP contribution >= 0.6 is 0 Å². The van der Waals surface area contributed by atoms with Crippen molar-refractivity contribution < 1.29 is 4.79 Å². The molecule has 2 N–H and O–H groups in total. The Kier molecular flexibility index (Phi) is 6.47. The molecule has 0 saturated heterocycles. The van der Waals surface area contributed by atoms with Gasteiger partial charge in [-0.05, 0) is 55.1 Å². The number of H-pyrrole nitrogens is 1. The van der Waals surface area contributed by atoms with E-state index >= 15 is 0 Å². The van der Waals surface area contributed by atoms with Crippen LogP contribution in [0.25, 0.3) is 17.2 Å². The van der Waals surface area contributed by atoms with Crippen LogP contribution in [0.2, 0.25) is 0 Å². The summed E-state index contributed by atoms with van der Waals surface area (Å²) in [6.07, 6.45) is 14.3. The molecule has 0 bridgehead atoms. The molecule has 0 amide bonds. The fourth-order valence-electron chi connectivity index (χ4n) is 4.89. The SMILES string of the molecule is CCCCc1cn(-c2c(C(C)=O)ccn2C)c(=O)n1CC1(c2cccc(-c3nn[nH]n3)c2)C=CNC=C1. The summed E-state index contributed by atoms with van der Waals surface area (Å²) in [6, 6.07) is 9.73. The smallest absolute Gasteiger partial charge is 0.334 e. The average Bonchev–Trinajstić information content (AvgIpc) is 3.64. The van der Waals surface area contributed by atoms with Crippen molar-refractivity contribution in [2.24, 2.45) is 7.05 Å². The number of allylic oxidation sites excluding steroid dienone is 2. The van der Waals surface area contributed by atoms with Gasteiger partial charge in [0.1, 0.15) is 5.82 Å². The zero-order valence-electron chi connectivity index (χ0n) is 21.2. The number of carbonyl (C=O) groups excluding carboxylic acids is 1. The minimum absolute atomic E-state index is 0.0793. The normalized spacial score (nSPS) is 14.1. The lowest BCUT2D eigenvalue weighted by Crippen LogP contribution is -2.36. The first-order valence-electron chi connectivity index (χ1n) is 12.4. The number of tetrazole rings is 1. The van der Waals surface area contributed by atoms with Crippen LogP contribution in [0.5, 0.6) is 0 Å². The Morgan fingerprint density at radius 3 is 2.68 bits per heavy atom. The van der Waals surface area contributed by atoms with Gasteiger partial charge in [-0.1, -0.05) is 43.7 Å². The number of benzene rings is 1. The Labute approximate surface area is 214 Å². The fourth-order valence-corrected chi connectivity index (χ4v) is 4.89. The quantitative estimate of drug-likeness (QED) is 0.342. The van der Waals surface area contributed by atoms with E-state index in [4.69, 9.17) is 0 Å². The van der Waals surface area contributed by atoms with Gasteiger partial charge in [0, 0.05) is 37.2 Å². The molecule has 0 fully saturated rings. The number of nitrogens with one attached hydrogen (secondary N) is 2. The molecule has 4 aromatic rings. The number of hydrogen-bond donors (Lipinski definition) is 2. The highest BCUT2D eigenvalue weighted by Crippen LogP contribution is 2.33. The highest BCUT2D eigenvalue weighted by Gasteiger charge is 2.32. The van der Waals surface area contributed by atoms with E-state index < -0.39 is 5.41 Å². The van der Waals surface area contributed by atoms with Gasteiger partial charge in [0.05, 0.1) is 11.0 Å². The summed E-state index contributed by atoms with van der Waals surface area (Å²) < 4.78 is 5.27. The van der Waals surface area contributed by atoms with Gasteiger partial charge in [-0.25, -0.2) is 4.79 Å². The van der Waals surface area contributed by atoms with E-state index in [0.717, 1.165) is 36.1 Å². The number of nitrogens with zero attached hydrogens (tertiary/aromatic N) is 6. The number of dihydropyridines is 1. The highest BCUT2D eigenvalue weighted by atomic mass is 16.2. The molecule has 0 radical (unpaired) electrons. The number of hydrogen-bond acceptors (Lipinski definition) is 6. The molecule has 5 rings (SSSR count). The summed E-state index contributed by atoms with van der Waals surface area (Å²) in [5.41, 5.74) is 2.50. The zero-order chi connectivity index (χ0) is 26.0. The third-order valence-corrected chi connectivity index (χ3v) is 6.87. The van der Waals surface area contributed by atoms with Gasteiger partial charge >= 0.3 is 5.69 Å². The molecule has 4 heterocycles. The lowest BCUT2D eigenvalue weighted by Gasteiger charge is -2.31. The van der Waals surface area contributed by atoms with Crippen molar-refractivity contribution in [3.05, 3.63) is 94.6 Å². The zero-order valence-corrected chi connectivity index (χ0v) is 21.2. The largest absolute Gasteiger partial charge is 0.368 e. The molecule has 37 heavy (non-hydrogen) atoms. The number of aromatic amines is 1. The standard InChI is InChI=1S/C27H30N8O2/c1-4-5-9-22-17-34(25-23(19(2)36)10-15-33(25)3)26(37)35(22)18-27(11-13-28-14-12-27)21-8-6-7-20(16-21)24-29-31-32-30-24/h6-8,10-17,28H,4-5,9,18H2,1-3H3,(H,29,30,31,32). The Morgan fingerprint density at radius 1 is 1.16 bits per heavy atom. The molecule has 10 heteroatoms. The number of carbonyl (C=O) groups is 1. The molecule has 0 spiro atoms. The number of aromatic nitrogens is 7. The molecule has 0 aliphatic carbocycles. The van der Waals surface area contributed by atoms with Crippen molar-refractivity contribution in [1.29, 1.82) is 0 Å². The molecule has 3 aromatic heterocycles. The van der Waals surface area contributed by atoms with Crippen LogP contribution in [0, 0.1) is 0 Å². The van der Waals surface area contributed by atoms with Gasteiger partial charge in [0.15, 0.2) is 5.78 Å². The van der Waals surface area contributed by atoms with E-state index in [9.17, 15) is 9.59 Å². The molecule has 0 atom stereocenters. The number of rotatable bonds is 9. The summed E-state index contributed by atoms with van der Waals surface area (Å²) in [5.74, 6) is 1.01. The Hall–Kier alpha value is -4.47. The Morgan fingerprint density at radius 2 is 1.97 bits per heavy atom. The maximum absolute atomic E-state index is 14.0. The van der Waals surface area contributed by atoms with Gasteiger partial charge in [-0.2, -0.15) is 5.21 Å². The maximum Gasteiger partial charge on any atom is 0.334 e. The van der Waals surface area contributed by atoms with E-state index in [-0.39, 0.29) is 11.5 Å². The molecule has 10 nitrogen and oxygen atoms in total. The number of aryl methyl sites for hydroxylation is 2. The summed E-state index contributed by atoms with van der Waals surface area (Å²) >= 11 is 0. The van der Waals surface area contributed by atoms with Gasteiger partial charge in [0.2, 0.25) is 5.82 Å². The predicted octanol–water partition coefficient (Wildman–Crippen LogP) is 3.27. The lowest BCUT2D eigenvalue weighted by atomic mass is 9.78. The minimum Gasteiger partial charge on any atom is -0.368 e.